The van der Waals surface area contributed by atoms with Crippen LogP contribution in [0.25, 0.3) is 0 Å². The van der Waals surface area contributed by atoms with Crippen molar-refractivity contribution in [1.29, 1.82) is 0 Å². The average Bonchev–Trinajstić information content (AvgIpc) is 2.38. The molecule has 0 aliphatic rings. The molecule has 0 spiro atoms. The van der Waals surface area contributed by atoms with Crippen LogP contribution in [-0.4, -0.2) is 5.75 Å². The standard InChI is InChI=1S/C15H25NS/c1-2-3-4-5-6-11-17-13-15-9-7-14(12-16)8-10-15/h7-10H,2-6,11-13,16H2,1H3. The number of unbranched alkanes of at least 4 members (excludes halogenated alkanes) is 4. The van der Waals surface area contributed by atoms with Crippen LogP contribution < -0.4 is 5.73 Å². The summed E-state index contributed by atoms with van der Waals surface area (Å²) in [6, 6.07) is 8.67. The van der Waals surface area contributed by atoms with Crippen molar-refractivity contribution in [2.45, 2.75) is 51.3 Å². The van der Waals surface area contributed by atoms with E-state index in [1.54, 1.807) is 0 Å². The van der Waals surface area contributed by atoms with E-state index in [0.717, 1.165) is 5.75 Å². The van der Waals surface area contributed by atoms with Crippen LogP contribution in [0.15, 0.2) is 24.3 Å². The van der Waals surface area contributed by atoms with Crippen molar-refractivity contribution in [3.63, 3.8) is 0 Å². The molecule has 2 heteroatoms. The second-order valence-electron chi connectivity index (χ2n) is 4.49. The van der Waals surface area contributed by atoms with Gasteiger partial charge in [0.1, 0.15) is 0 Å². The molecular weight excluding hydrogens is 226 g/mol. The first kappa shape index (κ1) is 14.6. The Hall–Kier alpha value is -0.470. The van der Waals surface area contributed by atoms with Gasteiger partial charge in [-0.15, -0.1) is 0 Å². The molecule has 0 heterocycles. The van der Waals surface area contributed by atoms with Crippen LogP contribution in [-0.2, 0) is 12.3 Å². The number of benzene rings is 1. The minimum absolute atomic E-state index is 0.644. The molecule has 0 aliphatic carbocycles. The minimum Gasteiger partial charge on any atom is -0.326 e. The Labute approximate surface area is 110 Å². The second kappa shape index (κ2) is 9.55. The number of nitrogens with two attached hydrogens (primary N) is 1. The lowest BCUT2D eigenvalue weighted by molar-refractivity contribution is 0.659. The van der Waals surface area contributed by atoms with E-state index in [0.29, 0.717) is 6.54 Å². The van der Waals surface area contributed by atoms with Gasteiger partial charge in [0.25, 0.3) is 0 Å². The predicted molar refractivity (Wildman–Crippen MR) is 79.3 cm³/mol. The molecule has 17 heavy (non-hydrogen) atoms. The smallest absolute Gasteiger partial charge is 0.0184 e. The van der Waals surface area contributed by atoms with Crippen LogP contribution in [0.1, 0.15) is 50.2 Å². The molecule has 0 radical (unpaired) electrons. The number of hydrogen-bond donors (Lipinski definition) is 1. The van der Waals surface area contributed by atoms with E-state index in [2.05, 4.69) is 31.2 Å². The summed E-state index contributed by atoms with van der Waals surface area (Å²) in [6.07, 6.45) is 6.90. The highest BCUT2D eigenvalue weighted by molar-refractivity contribution is 7.98. The molecule has 0 amide bonds. The quantitative estimate of drug-likeness (QED) is 0.660. The van der Waals surface area contributed by atoms with Crippen molar-refractivity contribution in [3.8, 4) is 0 Å². The lowest BCUT2D eigenvalue weighted by Crippen LogP contribution is -1.95. The van der Waals surface area contributed by atoms with Crippen LogP contribution in [0.2, 0.25) is 0 Å². The van der Waals surface area contributed by atoms with Crippen LogP contribution >= 0.6 is 11.8 Å². The first-order valence-corrected chi connectivity index (χ1v) is 7.88. The number of hydrogen-bond acceptors (Lipinski definition) is 2. The molecule has 0 aromatic heterocycles. The van der Waals surface area contributed by atoms with E-state index in [9.17, 15) is 0 Å². The molecule has 96 valence electrons. The van der Waals surface area contributed by atoms with E-state index >= 15 is 0 Å². The van der Waals surface area contributed by atoms with Gasteiger partial charge in [-0.2, -0.15) is 11.8 Å². The van der Waals surface area contributed by atoms with Gasteiger partial charge in [0.05, 0.1) is 0 Å². The third-order valence-electron chi connectivity index (χ3n) is 2.92. The molecule has 0 fully saturated rings. The first-order chi connectivity index (χ1) is 8.36. The number of rotatable bonds is 9. The molecule has 0 atom stereocenters. The van der Waals surface area contributed by atoms with E-state index in [4.69, 9.17) is 5.73 Å². The van der Waals surface area contributed by atoms with Crippen molar-refractivity contribution in [2.75, 3.05) is 5.75 Å². The summed E-state index contributed by atoms with van der Waals surface area (Å²) in [4.78, 5) is 0. The summed E-state index contributed by atoms with van der Waals surface area (Å²) in [5.41, 5.74) is 8.21. The minimum atomic E-state index is 0.644. The second-order valence-corrected chi connectivity index (χ2v) is 5.59. The van der Waals surface area contributed by atoms with Gasteiger partial charge in [-0.05, 0) is 23.3 Å². The fraction of sp³-hybridized carbons (Fsp3) is 0.600. The molecule has 0 saturated carbocycles. The fourth-order valence-corrected chi connectivity index (χ4v) is 2.75. The molecule has 1 rings (SSSR count). The topological polar surface area (TPSA) is 26.0 Å². The van der Waals surface area contributed by atoms with Crippen LogP contribution in [0, 0.1) is 0 Å². The lowest BCUT2D eigenvalue weighted by atomic mass is 10.1. The fourth-order valence-electron chi connectivity index (χ4n) is 1.77. The molecule has 0 unspecified atom stereocenters. The number of thioether (sulfide) groups is 1. The largest absolute Gasteiger partial charge is 0.326 e. The molecule has 0 bridgehead atoms. The van der Waals surface area contributed by atoms with E-state index < -0.39 is 0 Å². The summed E-state index contributed by atoms with van der Waals surface area (Å²) in [5, 5.41) is 0. The first-order valence-electron chi connectivity index (χ1n) is 6.72. The van der Waals surface area contributed by atoms with E-state index in [1.807, 2.05) is 11.8 Å². The summed E-state index contributed by atoms with van der Waals surface area (Å²) in [7, 11) is 0. The maximum atomic E-state index is 5.57. The zero-order chi connectivity index (χ0) is 12.3. The Morgan fingerprint density at radius 2 is 1.59 bits per heavy atom. The third kappa shape index (κ3) is 6.75. The summed E-state index contributed by atoms with van der Waals surface area (Å²) in [5.74, 6) is 2.43. The third-order valence-corrected chi connectivity index (χ3v) is 4.03. The molecule has 0 aliphatic heterocycles. The summed E-state index contributed by atoms with van der Waals surface area (Å²) < 4.78 is 0. The molecular formula is C15H25NS. The van der Waals surface area contributed by atoms with Crippen molar-refractivity contribution < 1.29 is 0 Å². The maximum Gasteiger partial charge on any atom is 0.0184 e. The molecule has 1 aromatic rings. The van der Waals surface area contributed by atoms with Crippen LogP contribution in [0.5, 0.6) is 0 Å². The van der Waals surface area contributed by atoms with Crippen molar-refractivity contribution in [3.05, 3.63) is 35.4 Å². The Morgan fingerprint density at radius 3 is 2.24 bits per heavy atom. The normalized spacial score (nSPS) is 10.7. The highest BCUT2D eigenvalue weighted by Crippen LogP contribution is 2.15. The van der Waals surface area contributed by atoms with E-state index in [1.165, 1.54) is 49.0 Å². The van der Waals surface area contributed by atoms with Crippen LogP contribution in [0.4, 0.5) is 0 Å². The summed E-state index contributed by atoms with van der Waals surface area (Å²) >= 11 is 2.05. The molecule has 0 saturated heterocycles. The SMILES string of the molecule is CCCCCCCSCc1ccc(CN)cc1. The van der Waals surface area contributed by atoms with E-state index in [-0.39, 0.29) is 0 Å². The average molecular weight is 251 g/mol. The van der Waals surface area contributed by atoms with Gasteiger partial charge in [-0.1, -0.05) is 56.9 Å². The zero-order valence-corrected chi connectivity index (χ0v) is 11.8. The van der Waals surface area contributed by atoms with Gasteiger partial charge in [0, 0.05) is 12.3 Å². The predicted octanol–water partition coefficient (Wildman–Crippen LogP) is 4.35. The Balaban J connectivity index is 2.05. The molecule has 1 nitrogen and oxygen atoms in total. The zero-order valence-electron chi connectivity index (χ0n) is 11.0. The van der Waals surface area contributed by atoms with Gasteiger partial charge < -0.3 is 5.73 Å². The van der Waals surface area contributed by atoms with Crippen molar-refractivity contribution in [2.24, 2.45) is 5.73 Å². The molecule has 1 aromatic carbocycles. The van der Waals surface area contributed by atoms with Gasteiger partial charge in [-0.3, -0.25) is 0 Å². The van der Waals surface area contributed by atoms with Gasteiger partial charge in [-0.25, -0.2) is 0 Å². The maximum absolute atomic E-state index is 5.57. The highest BCUT2D eigenvalue weighted by atomic mass is 32.2. The highest BCUT2D eigenvalue weighted by Gasteiger charge is 1.95. The van der Waals surface area contributed by atoms with Gasteiger partial charge >= 0.3 is 0 Å². The Bertz CT molecular complexity index is 281. The van der Waals surface area contributed by atoms with Gasteiger partial charge in [0.15, 0.2) is 0 Å². The Kier molecular flexibility index (Phi) is 8.20. The lowest BCUT2D eigenvalue weighted by Gasteiger charge is -2.03. The monoisotopic (exact) mass is 251 g/mol. The van der Waals surface area contributed by atoms with Gasteiger partial charge in [0.2, 0.25) is 0 Å². The van der Waals surface area contributed by atoms with Crippen molar-refractivity contribution >= 4 is 11.8 Å². The summed E-state index contributed by atoms with van der Waals surface area (Å²) in [6.45, 7) is 2.91. The molecule has 2 N–H and O–H groups in total. The van der Waals surface area contributed by atoms with Crippen molar-refractivity contribution in [1.82, 2.24) is 0 Å². The Morgan fingerprint density at radius 1 is 0.941 bits per heavy atom. The van der Waals surface area contributed by atoms with Crippen LogP contribution in [0.3, 0.4) is 0 Å².